The van der Waals surface area contributed by atoms with Crippen LogP contribution in [0.25, 0.3) is 11.0 Å². The largest absolute Gasteiger partial charge is 0.340 e. The highest BCUT2D eigenvalue weighted by atomic mass is 35.5. The van der Waals surface area contributed by atoms with E-state index in [1.54, 1.807) is 11.5 Å². The van der Waals surface area contributed by atoms with E-state index in [9.17, 15) is 4.79 Å². The normalized spacial score (nSPS) is 18.9. The van der Waals surface area contributed by atoms with Crippen molar-refractivity contribution in [1.29, 1.82) is 0 Å². The van der Waals surface area contributed by atoms with Gasteiger partial charge in [-0.1, -0.05) is 12.1 Å². The van der Waals surface area contributed by atoms with Crippen molar-refractivity contribution in [2.24, 2.45) is 5.73 Å². The van der Waals surface area contributed by atoms with Gasteiger partial charge in [-0.25, -0.2) is 9.55 Å². The number of nitrogens with zero attached hydrogens (tertiary/aromatic N) is 3. The third-order valence-electron chi connectivity index (χ3n) is 3.60. The standard InChI is InChI=1S/C14H18N4O.ClH/c1-10(19)18-13-7-3-2-6-12(13)16-14(18)17-8-4-5-11(15)9-17;/h2-3,6-7,11H,4-5,8-9,15H2,1H3;1H. The molecule has 2 heterocycles. The SMILES string of the molecule is CC(=O)n1c(N2CCCC(N)C2)nc2ccccc21.Cl. The molecule has 5 nitrogen and oxygen atoms in total. The Morgan fingerprint density at radius 1 is 1.40 bits per heavy atom. The molecular formula is C14H19ClN4O. The van der Waals surface area contributed by atoms with Crippen molar-refractivity contribution >= 4 is 35.3 Å². The predicted molar refractivity (Wildman–Crippen MR) is 82.7 cm³/mol. The molecule has 2 N–H and O–H groups in total. The van der Waals surface area contributed by atoms with E-state index in [0.717, 1.165) is 42.9 Å². The zero-order chi connectivity index (χ0) is 13.4. The van der Waals surface area contributed by atoms with Crippen LogP contribution in [0.15, 0.2) is 24.3 Å². The summed E-state index contributed by atoms with van der Waals surface area (Å²) in [6, 6.07) is 7.88. The van der Waals surface area contributed by atoms with Crippen LogP contribution in [0.4, 0.5) is 5.95 Å². The van der Waals surface area contributed by atoms with E-state index in [-0.39, 0.29) is 24.4 Å². The van der Waals surface area contributed by atoms with Gasteiger partial charge in [-0.15, -0.1) is 12.4 Å². The van der Waals surface area contributed by atoms with E-state index >= 15 is 0 Å². The third-order valence-corrected chi connectivity index (χ3v) is 3.60. The summed E-state index contributed by atoms with van der Waals surface area (Å²) in [5.41, 5.74) is 7.74. The minimum absolute atomic E-state index is 0. The number of aromatic nitrogens is 2. The molecule has 1 fully saturated rings. The summed E-state index contributed by atoms with van der Waals surface area (Å²) in [5.74, 6) is 0.715. The molecule has 1 unspecified atom stereocenters. The summed E-state index contributed by atoms with van der Waals surface area (Å²) in [5, 5.41) is 0. The van der Waals surface area contributed by atoms with Crippen molar-refractivity contribution in [3.05, 3.63) is 24.3 Å². The Kier molecular flexibility index (Phi) is 4.30. The summed E-state index contributed by atoms with van der Waals surface area (Å²) in [4.78, 5) is 18.7. The molecule has 1 aromatic heterocycles. The number of halogens is 1. The van der Waals surface area contributed by atoms with Crippen molar-refractivity contribution in [1.82, 2.24) is 9.55 Å². The lowest BCUT2D eigenvalue weighted by atomic mass is 10.1. The molecule has 0 radical (unpaired) electrons. The van der Waals surface area contributed by atoms with Gasteiger partial charge in [-0.3, -0.25) is 4.79 Å². The second-order valence-corrected chi connectivity index (χ2v) is 5.10. The van der Waals surface area contributed by atoms with Gasteiger partial charge in [0.05, 0.1) is 11.0 Å². The summed E-state index contributed by atoms with van der Waals surface area (Å²) in [6.45, 7) is 3.24. The molecule has 0 aliphatic carbocycles. The van der Waals surface area contributed by atoms with E-state index < -0.39 is 0 Å². The molecule has 1 aliphatic heterocycles. The van der Waals surface area contributed by atoms with Gasteiger partial charge in [0.15, 0.2) is 0 Å². The molecule has 20 heavy (non-hydrogen) atoms. The number of para-hydroxylation sites is 2. The summed E-state index contributed by atoms with van der Waals surface area (Å²) >= 11 is 0. The lowest BCUT2D eigenvalue weighted by Gasteiger charge is -2.31. The monoisotopic (exact) mass is 294 g/mol. The Bertz CT molecular complexity index is 625. The van der Waals surface area contributed by atoms with E-state index in [0.29, 0.717) is 0 Å². The molecule has 2 aromatic rings. The zero-order valence-electron chi connectivity index (χ0n) is 11.5. The fraction of sp³-hybridized carbons (Fsp3) is 0.429. The number of carbonyl (C=O) groups excluding carboxylic acids is 1. The first-order valence-electron chi connectivity index (χ1n) is 6.66. The maximum absolute atomic E-state index is 11.9. The molecule has 0 saturated carbocycles. The number of rotatable bonds is 1. The van der Waals surface area contributed by atoms with Crippen LogP contribution < -0.4 is 10.6 Å². The van der Waals surface area contributed by atoms with Crippen LogP contribution in [0.2, 0.25) is 0 Å². The molecule has 108 valence electrons. The number of carbonyl (C=O) groups is 1. The highest BCUT2D eigenvalue weighted by molar-refractivity contribution is 5.92. The van der Waals surface area contributed by atoms with Crippen molar-refractivity contribution in [3.63, 3.8) is 0 Å². The zero-order valence-corrected chi connectivity index (χ0v) is 12.3. The number of hydrogen-bond donors (Lipinski definition) is 1. The van der Waals surface area contributed by atoms with Crippen molar-refractivity contribution in [2.75, 3.05) is 18.0 Å². The van der Waals surface area contributed by atoms with Crippen LogP contribution >= 0.6 is 12.4 Å². The molecule has 1 saturated heterocycles. The maximum atomic E-state index is 11.9. The molecule has 0 bridgehead atoms. The average molecular weight is 295 g/mol. The molecule has 1 aliphatic rings. The Morgan fingerprint density at radius 3 is 2.85 bits per heavy atom. The Balaban J connectivity index is 0.00000147. The molecule has 1 aromatic carbocycles. The number of fused-ring (bicyclic) bond motifs is 1. The molecular weight excluding hydrogens is 276 g/mol. The molecule has 0 amide bonds. The highest BCUT2D eigenvalue weighted by Gasteiger charge is 2.23. The fourth-order valence-electron chi connectivity index (χ4n) is 2.73. The number of nitrogens with two attached hydrogens (primary N) is 1. The third kappa shape index (κ3) is 2.51. The van der Waals surface area contributed by atoms with E-state index in [1.807, 2.05) is 24.3 Å². The van der Waals surface area contributed by atoms with Crippen LogP contribution in [-0.4, -0.2) is 34.6 Å². The van der Waals surface area contributed by atoms with Crippen LogP contribution in [0.1, 0.15) is 24.6 Å². The van der Waals surface area contributed by atoms with Crippen LogP contribution in [0, 0.1) is 0 Å². The van der Waals surface area contributed by atoms with E-state index in [1.165, 1.54) is 0 Å². The predicted octanol–water partition coefficient (Wildman–Crippen LogP) is 2.05. The average Bonchev–Trinajstić information content (AvgIpc) is 2.78. The first-order chi connectivity index (χ1) is 9.16. The topological polar surface area (TPSA) is 64.2 Å². The lowest BCUT2D eigenvalue weighted by molar-refractivity contribution is 0.0942. The molecule has 6 heteroatoms. The maximum Gasteiger partial charge on any atom is 0.230 e. The summed E-state index contributed by atoms with van der Waals surface area (Å²) in [7, 11) is 0. The van der Waals surface area contributed by atoms with Gasteiger partial charge in [0.25, 0.3) is 0 Å². The van der Waals surface area contributed by atoms with Crippen LogP contribution in [0.5, 0.6) is 0 Å². The minimum atomic E-state index is -0.0113. The van der Waals surface area contributed by atoms with Crippen molar-refractivity contribution in [3.8, 4) is 0 Å². The van der Waals surface area contributed by atoms with Gasteiger partial charge in [-0.05, 0) is 25.0 Å². The lowest BCUT2D eigenvalue weighted by Crippen LogP contribution is -2.44. The van der Waals surface area contributed by atoms with E-state index in [4.69, 9.17) is 5.73 Å². The quantitative estimate of drug-likeness (QED) is 0.874. The summed E-state index contributed by atoms with van der Waals surface area (Å²) in [6.07, 6.45) is 2.08. The highest BCUT2D eigenvalue weighted by Crippen LogP contribution is 2.24. The smallest absolute Gasteiger partial charge is 0.230 e. The summed E-state index contributed by atoms with van der Waals surface area (Å²) < 4.78 is 1.69. The van der Waals surface area contributed by atoms with Crippen molar-refractivity contribution in [2.45, 2.75) is 25.8 Å². The Morgan fingerprint density at radius 2 is 2.15 bits per heavy atom. The second kappa shape index (κ2) is 5.81. The van der Waals surface area contributed by atoms with Crippen molar-refractivity contribution < 1.29 is 4.79 Å². The number of hydrogen-bond acceptors (Lipinski definition) is 4. The Labute approximate surface area is 124 Å². The number of imidazole rings is 1. The van der Waals surface area contributed by atoms with Crippen LogP contribution in [-0.2, 0) is 0 Å². The minimum Gasteiger partial charge on any atom is -0.340 e. The van der Waals surface area contributed by atoms with Gasteiger partial charge in [0.2, 0.25) is 11.9 Å². The Hall–Kier alpha value is -1.59. The first kappa shape index (κ1) is 14.8. The number of piperidine rings is 1. The van der Waals surface area contributed by atoms with Gasteiger partial charge in [0.1, 0.15) is 0 Å². The molecule has 0 spiro atoms. The van der Waals surface area contributed by atoms with Gasteiger partial charge >= 0.3 is 0 Å². The van der Waals surface area contributed by atoms with Gasteiger partial charge in [0, 0.05) is 26.1 Å². The fourth-order valence-corrected chi connectivity index (χ4v) is 2.73. The van der Waals surface area contributed by atoms with Gasteiger partial charge < -0.3 is 10.6 Å². The first-order valence-corrected chi connectivity index (χ1v) is 6.66. The second-order valence-electron chi connectivity index (χ2n) is 5.10. The van der Waals surface area contributed by atoms with E-state index in [2.05, 4.69) is 9.88 Å². The van der Waals surface area contributed by atoms with Crippen LogP contribution in [0.3, 0.4) is 0 Å². The molecule has 1 atom stereocenters. The molecule has 3 rings (SSSR count). The van der Waals surface area contributed by atoms with Gasteiger partial charge in [-0.2, -0.15) is 0 Å². The number of anilines is 1. The number of benzene rings is 1.